The molecule has 0 radical (unpaired) electrons. The van der Waals surface area contributed by atoms with Crippen LogP contribution in [0.3, 0.4) is 0 Å². The minimum absolute atomic E-state index is 0.157. The summed E-state index contributed by atoms with van der Waals surface area (Å²) in [5.41, 5.74) is 7.14. The van der Waals surface area contributed by atoms with Crippen molar-refractivity contribution in [1.29, 1.82) is 0 Å². The number of hydrogen-bond acceptors (Lipinski definition) is 4. The van der Waals surface area contributed by atoms with Crippen molar-refractivity contribution in [2.24, 2.45) is 17.6 Å². The zero-order valence-electron chi connectivity index (χ0n) is 15.4. The van der Waals surface area contributed by atoms with Gasteiger partial charge in [0.05, 0.1) is 0 Å². The van der Waals surface area contributed by atoms with E-state index in [1.54, 1.807) is 0 Å². The molecule has 2 N–H and O–H groups in total. The Labute approximate surface area is 151 Å². The highest BCUT2D eigenvalue weighted by Crippen LogP contribution is 2.32. The van der Waals surface area contributed by atoms with E-state index in [2.05, 4.69) is 40.1 Å². The summed E-state index contributed by atoms with van der Waals surface area (Å²) in [4.78, 5) is 19.5. The van der Waals surface area contributed by atoms with Gasteiger partial charge in [-0.25, -0.2) is 0 Å². The van der Waals surface area contributed by atoms with Crippen LogP contribution in [-0.4, -0.2) is 68.6 Å². The molecule has 0 spiro atoms. The molecule has 1 heterocycles. The predicted octanol–water partition coefficient (Wildman–Crippen LogP) is 1.64. The first-order valence-corrected chi connectivity index (χ1v) is 9.66. The molecule has 1 aliphatic heterocycles. The summed E-state index contributed by atoms with van der Waals surface area (Å²) in [6.45, 7) is 6.66. The van der Waals surface area contributed by atoms with E-state index in [4.69, 9.17) is 5.73 Å². The summed E-state index contributed by atoms with van der Waals surface area (Å²) in [5, 5.41) is 0. The largest absolute Gasteiger partial charge is 0.369 e. The first-order valence-electron chi connectivity index (χ1n) is 9.66. The van der Waals surface area contributed by atoms with Gasteiger partial charge in [0, 0.05) is 57.9 Å². The molecule has 1 aromatic rings. The standard InChI is InChI=1S/C20H32N4O/c1-22(20(25)19-9-5-6-17(19)16-21)10-11-23-12-14-24(15-13-23)18-7-3-2-4-8-18/h2-4,7-8,17,19H,5-6,9-16,21H2,1H3/t17-,19-/m1/s1. The van der Waals surface area contributed by atoms with Crippen LogP contribution in [0.25, 0.3) is 0 Å². The Morgan fingerprint density at radius 2 is 1.88 bits per heavy atom. The number of likely N-dealkylation sites (N-methyl/N-ethyl adjacent to an activating group) is 1. The summed E-state index contributed by atoms with van der Waals surface area (Å²) in [7, 11) is 1.95. The monoisotopic (exact) mass is 344 g/mol. The lowest BCUT2D eigenvalue weighted by Gasteiger charge is -2.37. The Balaban J connectivity index is 1.41. The fourth-order valence-electron chi connectivity index (χ4n) is 4.20. The van der Waals surface area contributed by atoms with Crippen molar-refractivity contribution < 1.29 is 4.79 Å². The molecule has 0 bridgehead atoms. The average Bonchev–Trinajstić information content (AvgIpc) is 3.15. The average molecular weight is 345 g/mol. The Hall–Kier alpha value is -1.59. The highest BCUT2D eigenvalue weighted by molar-refractivity contribution is 5.79. The quantitative estimate of drug-likeness (QED) is 0.852. The van der Waals surface area contributed by atoms with Gasteiger partial charge in [0.2, 0.25) is 5.91 Å². The van der Waals surface area contributed by atoms with Crippen molar-refractivity contribution in [3.63, 3.8) is 0 Å². The van der Waals surface area contributed by atoms with E-state index in [1.165, 1.54) is 5.69 Å². The van der Waals surface area contributed by atoms with Crippen molar-refractivity contribution in [1.82, 2.24) is 9.80 Å². The lowest BCUT2D eigenvalue weighted by Crippen LogP contribution is -2.49. The molecule has 2 aliphatic rings. The number of piperazine rings is 1. The summed E-state index contributed by atoms with van der Waals surface area (Å²) in [6, 6.07) is 10.6. The van der Waals surface area contributed by atoms with Crippen LogP contribution in [-0.2, 0) is 4.79 Å². The summed E-state index contributed by atoms with van der Waals surface area (Å²) >= 11 is 0. The van der Waals surface area contributed by atoms with Crippen LogP contribution in [0.2, 0.25) is 0 Å². The Morgan fingerprint density at radius 1 is 1.16 bits per heavy atom. The number of benzene rings is 1. The van der Waals surface area contributed by atoms with Gasteiger partial charge < -0.3 is 15.5 Å². The van der Waals surface area contributed by atoms with E-state index >= 15 is 0 Å². The van der Waals surface area contributed by atoms with Gasteiger partial charge in [-0.1, -0.05) is 24.6 Å². The number of hydrogen-bond donors (Lipinski definition) is 1. The predicted molar refractivity (Wildman–Crippen MR) is 103 cm³/mol. The van der Waals surface area contributed by atoms with Crippen LogP contribution in [0.1, 0.15) is 19.3 Å². The van der Waals surface area contributed by atoms with E-state index in [0.29, 0.717) is 18.4 Å². The maximum absolute atomic E-state index is 12.7. The number of nitrogens with zero attached hydrogens (tertiary/aromatic N) is 3. The number of anilines is 1. The third kappa shape index (κ3) is 4.53. The smallest absolute Gasteiger partial charge is 0.225 e. The maximum Gasteiger partial charge on any atom is 0.225 e. The SMILES string of the molecule is CN(CCN1CCN(c2ccccc2)CC1)C(=O)[C@@H]1CCC[C@@H]1CN. The third-order valence-corrected chi connectivity index (χ3v) is 5.90. The van der Waals surface area contributed by atoms with Crippen LogP contribution in [0.15, 0.2) is 30.3 Å². The number of para-hydroxylation sites is 1. The Bertz CT molecular complexity index is 542. The number of rotatable bonds is 6. The molecule has 5 heteroatoms. The highest BCUT2D eigenvalue weighted by Gasteiger charge is 2.33. The first-order chi connectivity index (χ1) is 12.2. The number of carbonyl (C=O) groups is 1. The summed E-state index contributed by atoms with van der Waals surface area (Å²) in [5.74, 6) is 0.852. The molecule has 1 aromatic carbocycles. The van der Waals surface area contributed by atoms with E-state index in [9.17, 15) is 4.79 Å². The number of amides is 1. The van der Waals surface area contributed by atoms with Gasteiger partial charge in [-0.05, 0) is 37.4 Å². The van der Waals surface area contributed by atoms with Crippen molar-refractivity contribution >= 4 is 11.6 Å². The third-order valence-electron chi connectivity index (χ3n) is 5.90. The molecule has 2 fully saturated rings. The molecule has 138 valence electrons. The normalized spacial score (nSPS) is 24.5. The van der Waals surface area contributed by atoms with Gasteiger partial charge in [-0.2, -0.15) is 0 Å². The van der Waals surface area contributed by atoms with Gasteiger partial charge in [0.25, 0.3) is 0 Å². The minimum atomic E-state index is 0.157. The molecular weight excluding hydrogens is 312 g/mol. The molecule has 25 heavy (non-hydrogen) atoms. The highest BCUT2D eigenvalue weighted by atomic mass is 16.2. The summed E-state index contributed by atoms with van der Waals surface area (Å²) < 4.78 is 0. The second kappa shape index (κ2) is 8.68. The molecule has 1 saturated heterocycles. The summed E-state index contributed by atoms with van der Waals surface area (Å²) in [6.07, 6.45) is 3.27. The van der Waals surface area contributed by atoms with Crippen LogP contribution >= 0.6 is 0 Å². The van der Waals surface area contributed by atoms with Gasteiger partial charge in [0.1, 0.15) is 0 Å². The van der Waals surface area contributed by atoms with Crippen LogP contribution in [0, 0.1) is 11.8 Å². The fourth-order valence-corrected chi connectivity index (χ4v) is 4.20. The lowest BCUT2D eigenvalue weighted by molar-refractivity contribution is -0.135. The van der Waals surface area contributed by atoms with Gasteiger partial charge >= 0.3 is 0 Å². The Kier molecular flexibility index (Phi) is 6.32. The lowest BCUT2D eigenvalue weighted by atomic mass is 9.95. The molecule has 5 nitrogen and oxygen atoms in total. The van der Waals surface area contributed by atoms with Crippen LogP contribution in [0.5, 0.6) is 0 Å². The van der Waals surface area contributed by atoms with Crippen LogP contribution < -0.4 is 10.6 Å². The van der Waals surface area contributed by atoms with Gasteiger partial charge in [0.15, 0.2) is 0 Å². The Morgan fingerprint density at radius 3 is 2.56 bits per heavy atom. The van der Waals surface area contributed by atoms with Gasteiger partial charge in [-0.3, -0.25) is 9.69 Å². The molecule has 1 saturated carbocycles. The maximum atomic E-state index is 12.7. The zero-order valence-corrected chi connectivity index (χ0v) is 15.4. The molecule has 3 rings (SSSR count). The number of carbonyl (C=O) groups excluding carboxylic acids is 1. The van der Waals surface area contributed by atoms with E-state index < -0.39 is 0 Å². The molecule has 0 aromatic heterocycles. The first kappa shape index (κ1) is 18.2. The topological polar surface area (TPSA) is 52.8 Å². The zero-order chi connectivity index (χ0) is 17.6. The molecule has 0 unspecified atom stereocenters. The van der Waals surface area contributed by atoms with Crippen molar-refractivity contribution in [3.05, 3.63) is 30.3 Å². The fraction of sp³-hybridized carbons (Fsp3) is 0.650. The van der Waals surface area contributed by atoms with Crippen molar-refractivity contribution in [2.75, 3.05) is 57.8 Å². The minimum Gasteiger partial charge on any atom is -0.369 e. The van der Waals surface area contributed by atoms with E-state index in [-0.39, 0.29) is 5.92 Å². The van der Waals surface area contributed by atoms with Crippen molar-refractivity contribution in [2.45, 2.75) is 19.3 Å². The van der Waals surface area contributed by atoms with Crippen LogP contribution in [0.4, 0.5) is 5.69 Å². The van der Waals surface area contributed by atoms with E-state index in [1.807, 2.05) is 11.9 Å². The molecule has 1 aliphatic carbocycles. The second-order valence-electron chi connectivity index (χ2n) is 7.46. The molecule has 1 amide bonds. The van der Waals surface area contributed by atoms with Gasteiger partial charge in [-0.15, -0.1) is 0 Å². The molecular formula is C20H32N4O. The van der Waals surface area contributed by atoms with Crippen molar-refractivity contribution in [3.8, 4) is 0 Å². The van der Waals surface area contributed by atoms with E-state index in [0.717, 1.165) is 58.5 Å². The second-order valence-corrected chi connectivity index (χ2v) is 7.46. The number of nitrogens with two attached hydrogens (primary N) is 1. The molecule has 2 atom stereocenters.